The Hall–Kier alpha value is -2.02. The molecule has 0 radical (unpaired) electrons. The average molecular weight is 281 g/mol. The van der Waals surface area contributed by atoms with Crippen LogP contribution in [0.15, 0.2) is 6.07 Å². The van der Waals surface area contributed by atoms with Gasteiger partial charge in [0.25, 0.3) is 0 Å². The van der Waals surface area contributed by atoms with E-state index in [2.05, 4.69) is 10.3 Å². The van der Waals surface area contributed by atoms with Crippen molar-refractivity contribution < 1.29 is 19.4 Å². The fraction of sp³-hybridized carbons (Fsp3) is 0.538. The number of aromatic amines is 1. The lowest BCUT2D eigenvalue weighted by molar-refractivity contribution is -0.0134. The van der Waals surface area contributed by atoms with Crippen molar-refractivity contribution in [3.8, 4) is 0 Å². The van der Waals surface area contributed by atoms with Gasteiger partial charge in [0.05, 0.1) is 18.4 Å². The summed E-state index contributed by atoms with van der Waals surface area (Å²) in [6.45, 7) is 5.28. The van der Waals surface area contributed by atoms with Gasteiger partial charge in [-0.3, -0.25) is 0 Å². The first-order chi connectivity index (χ1) is 9.51. The number of hydrogen-bond donors (Lipinski definition) is 3. The number of morpholine rings is 1. The zero-order chi connectivity index (χ0) is 14.7. The van der Waals surface area contributed by atoms with E-state index in [9.17, 15) is 9.59 Å². The number of nitrogens with zero attached hydrogens (tertiary/aromatic N) is 1. The highest BCUT2D eigenvalue weighted by atomic mass is 16.5. The summed E-state index contributed by atoms with van der Waals surface area (Å²) in [5.41, 5.74) is 0.974. The minimum Gasteiger partial charge on any atom is -0.477 e. The second kappa shape index (κ2) is 5.96. The zero-order valence-corrected chi connectivity index (χ0v) is 11.6. The molecule has 0 aliphatic carbocycles. The van der Waals surface area contributed by atoms with Gasteiger partial charge in [-0.2, -0.15) is 0 Å². The van der Waals surface area contributed by atoms with E-state index < -0.39 is 5.97 Å². The molecule has 2 heterocycles. The van der Waals surface area contributed by atoms with Crippen molar-refractivity contribution >= 4 is 17.7 Å². The number of urea groups is 1. The van der Waals surface area contributed by atoms with Gasteiger partial charge in [-0.15, -0.1) is 0 Å². The Morgan fingerprint density at radius 2 is 2.35 bits per heavy atom. The van der Waals surface area contributed by atoms with Crippen LogP contribution in [0.3, 0.4) is 0 Å². The number of amides is 2. The summed E-state index contributed by atoms with van der Waals surface area (Å²) in [6, 6.07) is 1.31. The van der Waals surface area contributed by atoms with E-state index in [0.29, 0.717) is 31.1 Å². The van der Waals surface area contributed by atoms with Crippen LogP contribution in [-0.4, -0.2) is 52.8 Å². The molecule has 1 aromatic heterocycles. The van der Waals surface area contributed by atoms with Crippen molar-refractivity contribution in [1.82, 2.24) is 9.88 Å². The maximum atomic E-state index is 12.2. The first-order valence-corrected chi connectivity index (χ1v) is 6.61. The lowest BCUT2D eigenvalue weighted by atomic mass is 10.2. The quantitative estimate of drug-likeness (QED) is 0.785. The van der Waals surface area contributed by atoms with E-state index >= 15 is 0 Å². The molecular formula is C13H19N3O4. The number of aromatic nitrogens is 1. The maximum Gasteiger partial charge on any atom is 0.354 e. The van der Waals surface area contributed by atoms with Crippen LogP contribution < -0.4 is 5.32 Å². The van der Waals surface area contributed by atoms with Crippen molar-refractivity contribution in [2.24, 2.45) is 0 Å². The van der Waals surface area contributed by atoms with Crippen LogP contribution >= 0.6 is 0 Å². The highest BCUT2D eigenvalue weighted by Crippen LogP contribution is 2.18. The predicted octanol–water partition coefficient (Wildman–Crippen LogP) is 1.66. The Balaban J connectivity index is 2.06. The third-order valence-electron chi connectivity index (χ3n) is 3.29. The Kier molecular flexibility index (Phi) is 4.29. The van der Waals surface area contributed by atoms with Crippen molar-refractivity contribution in [2.75, 3.05) is 25.0 Å². The van der Waals surface area contributed by atoms with Crippen LogP contribution in [0.25, 0.3) is 0 Å². The number of carboxylic acids is 1. The molecule has 20 heavy (non-hydrogen) atoms. The third kappa shape index (κ3) is 3.11. The zero-order valence-electron chi connectivity index (χ0n) is 11.6. The molecule has 1 aliphatic heterocycles. The van der Waals surface area contributed by atoms with Crippen LogP contribution in [0.1, 0.15) is 29.5 Å². The predicted molar refractivity (Wildman–Crippen MR) is 73.1 cm³/mol. The number of nitrogens with one attached hydrogen (secondary N) is 2. The first kappa shape index (κ1) is 14.4. The number of aromatic carboxylic acids is 1. The van der Waals surface area contributed by atoms with Crippen LogP contribution in [0.5, 0.6) is 0 Å². The molecule has 0 aromatic carbocycles. The summed E-state index contributed by atoms with van der Waals surface area (Å²) in [4.78, 5) is 27.6. The SMILES string of the molecule is CCC1CN(C(=O)Nc2cc(C)[nH]c2C(=O)O)CCO1. The minimum atomic E-state index is -1.10. The highest BCUT2D eigenvalue weighted by molar-refractivity contribution is 5.99. The molecule has 1 aliphatic rings. The van der Waals surface area contributed by atoms with Crippen LogP contribution in [0.4, 0.5) is 10.5 Å². The second-order valence-electron chi connectivity index (χ2n) is 4.82. The Morgan fingerprint density at radius 1 is 1.60 bits per heavy atom. The summed E-state index contributed by atoms with van der Waals surface area (Å²) in [5.74, 6) is -1.10. The Labute approximate surface area is 116 Å². The van der Waals surface area contributed by atoms with E-state index in [0.717, 1.165) is 6.42 Å². The highest BCUT2D eigenvalue weighted by Gasteiger charge is 2.24. The molecule has 2 amide bonds. The lowest BCUT2D eigenvalue weighted by Crippen LogP contribution is -2.47. The molecule has 1 fully saturated rings. The number of ether oxygens (including phenoxy) is 1. The van der Waals surface area contributed by atoms with Gasteiger partial charge < -0.3 is 25.0 Å². The van der Waals surface area contributed by atoms with Gasteiger partial charge >= 0.3 is 12.0 Å². The van der Waals surface area contributed by atoms with Crippen LogP contribution in [0.2, 0.25) is 0 Å². The normalized spacial score (nSPS) is 18.9. The fourth-order valence-corrected chi connectivity index (χ4v) is 2.20. The number of carbonyl (C=O) groups is 2. The van der Waals surface area contributed by atoms with Gasteiger partial charge in [0.15, 0.2) is 0 Å². The summed E-state index contributed by atoms with van der Waals surface area (Å²) in [7, 11) is 0. The van der Waals surface area contributed by atoms with Gasteiger partial charge in [-0.05, 0) is 19.4 Å². The standard InChI is InChI=1S/C13H19N3O4/c1-3-9-7-16(4-5-20-9)13(19)15-10-6-8(2)14-11(10)12(17)18/h6,9,14H,3-5,7H2,1-2H3,(H,15,19)(H,17,18). The van der Waals surface area contributed by atoms with E-state index in [1.807, 2.05) is 6.92 Å². The first-order valence-electron chi connectivity index (χ1n) is 6.61. The van der Waals surface area contributed by atoms with E-state index in [4.69, 9.17) is 9.84 Å². The van der Waals surface area contributed by atoms with Crippen molar-refractivity contribution in [3.63, 3.8) is 0 Å². The molecule has 7 nitrogen and oxygen atoms in total. The van der Waals surface area contributed by atoms with Crippen molar-refractivity contribution in [3.05, 3.63) is 17.5 Å². The van der Waals surface area contributed by atoms with Gasteiger partial charge in [-0.25, -0.2) is 9.59 Å². The molecule has 3 N–H and O–H groups in total. The molecule has 1 unspecified atom stereocenters. The Bertz CT molecular complexity index is 512. The minimum absolute atomic E-state index is 0.00356. The van der Waals surface area contributed by atoms with Gasteiger partial charge in [-0.1, -0.05) is 6.92 Å². The molecule has 1 aromatic rings. The van der Waals surface area contributed by atoms with Crippen LogP contribution in [0, 0.1) is 6.92 Å². The summed E-state index contributed by atoms with van der Waals surface area (Å²) >= 11 is 0. The largest absolute Gasteiger partial charge is 0.477 e. The smallest absolute Gasteiger partial charge is 0.354 e. The maximum absolute atomic E-state index is 12.2. The fourth-order valence-electron chi connectivity index (χ4n) is 2.20. The molecule has 0 spiro atoms. The molecule has 2 rings (SSSR count). The number of carbonyl (C=O) groups excluding carboxylic acids is 1. The van der Waals surface area contributed by atoms with E-state index in [1.54, 1.807) is 17.9 Å². The van der Waals surface area contributed by atoms with Crippen LogP contribution in [-0.2, 0) is 4.74 Å². The number of anilines is 1. The number of H-pyrrole nitrogens is 1. The van der Waals surface area contributed by atoms with Crippen molar-refractivity contribution in [1.29, 1.82) is 0 Å². The molecule has 1 atom stereocenters. The van der Waals surface area contributed by atoms with Gasteiger partial charge in [0, 0.05) is 18.8 Å². The monoisotopic (exact) mass is 281 g/mol. The third-order valence-corrected chi connectivity index (χ3v) is 3.29. The summed E-state index contributed by atoms with van der Waals surface area (Å²) in [5, 5.41) is 11.7. The number of carboxylic acid groups (broad SMARTS) is 1. The molecule has 1 saturated heterocycles. The molecular weight excluding hydrogens is 262 g/mol. The van der Waals surface area contributed by atoms with E-state index in [1.165, 1.54) is 0 Å². The lowest BCUT2D eigenvalue weighted by Gasteiger charge is -2.32. The number of rotatable bonds is 3. The molecule has 0 bridgehead atoms. The van der Waals surface area contributed by atoms with Crippen molar-refractivity contribution in [2.45, 2.75) is 26.4 Å². The van der Waals surface area contributed by atoms with Gasteiger partial charge in [0.1, 0.15) is 5.69 Å². The second-order valence-corrected chi connectivity index (χ2v) is 4.82. The average Bonchev–Trinajstić information content (AvgIpc) is 2.80. The summed E-state index contributed by atoms with van der Waals surface area (Å²) in [6.07, 6.45) is 0.884. The summed E-state index contributed by atoms with van der Waals surface area (Å²) < 4.78 is 5.50. The topological polar surface area (TPSA) is 94.7 Å². The van der Waals surface area contributed by atoms with E-state index in [-0.39, 0.29) is 17.8 Å². The Morgan fingerprint density at radius 3 is 3.00 bits per heavy atom. The van der Waals surface area contributed by atoms with Gasteiger partial charge in [0.2, 0.25) is 0 Å². The molecule has 110 valence electrons. The molecule has 0 saturated carbocycles. The number of hydrogen-bond acceptors (Lipinski definition) is 3. The number of aryl methyl sites for hydroxylation is 1. The molecule has 7 heteroatoms.